The van der Waals surface area contributed by atoms with Gasteiger partial charge < -0.3 is 4.90 Å². The van der Waals surface area contributed by atoms with Crippen molar-refractivity contribution in [2.24, 2.45) is 5.92 Å². The molecule has 1 aliphatic rings. The van der Waals surface area contributed by atoms with Crippen molar-refractivity contribution >= 4 is 11.6 Å². The van der Waals surface area contributed by atoms with Crippen molar-refractivity contribution in [3.8, 4) is 0 Å². The average molecular weight is 190 g/mol. The highest BCUT2D eigenvalue weighted by molar-refractivity contribution is 6.17. The van der Waals surface area contributed by atoms with E-state index in [0.29, 0.717) is 0 Å². The summed E-state index contributed by atoms with van der Waals surface area (Å²) < 4.78 is 0. The minimum atomic E-state index is 0.755. The van der Waals surface area contributed by atoms with E-state index in [0.717, 1.165) is 24.3 Å². The normalized spacial score (nSPS) is 32.2. The maximum absolute atomic E-state index is 5.74. The van der Waals surface area contributed by atoms with E-state index in [1.54, 1.807) is 0 Å². The minimum absolute atomic E-state index is 0.755. The number of alkyl halides is 1. The zero-order valence-electron chi connectivity index (χ0n) is 8.22. The number of hydrogen-bond acceptors (Lipinski definition) is 1. The number of halogens is 1. The van der Waals surface area contributed by atoms with Gasteiger partial charge in [-0.15, -0.1) is 11.6 Å². The molecular formula is C10H20ClN. The second kappa shape index (κ2) is 5.08. The largest absolute Gasteiger partial charge is 0.303 e. The Labute approximate surface area is 81.1 Å². The van der Waals surface area contributed by atoms with Gasteiger partial charge >= 0.3 is 0 Å². The summed E-state index contributed by atoms with van der Waals surface area (Å²) in [4.78, 5) is 2.49. The van der Waals surface area contributed by atoms with Gasteiger partial charge in [0.15, 0.2) is 0 Å². The fraction of sp³-hybridized carbons (Fsp3) is 1.00. The predicted octanol–water partition coefficient (Wildman–Crippen LogP) is 2.74. The molecule has 1 heterocycles. The van der Waals surface area contributed by atoms with E-state index < -0.39 is 0 Å². The van der Waals surface area contributed by atoms with Crippen LogP contribution in [-0.2, 0) is 0 Å². The van der Waals surface area contributed by atoms with Gasteiger partial charge in [0, 0.05) is 18.5 Å². The third kappa shape index (κ3) is 2.63. The topological polar surface area (TPSA) is 3.24 Å². The first kappa shape index (κ1) is 10.3. The SMILES string of the molecule is CCC1CCC(CCCl)N(C)C1. The highest BCUT2D eigenvalue weighted by atomic mass is 35.5. The Morgan fingerprint density at radius 2 is 2.17 bits per heavy atom. The lowest BCUT2D eigenvalue weighted by Gasteiger charge is -2.36. The molecule has 0 amide bonds. The maximum Gasteiger partial charge on any atom is 0.0238 e. The summed E-state index contributed by atoms with van der Waals surface area (Å²) in [6.45, 7) is 3.57. The molecule has 1 fully saturated rings. The van der Waals surface area contributed by atoms with Crippen LogP contribution in [0.5, 0.6) is 0 Å². The number of nitrogens with zero attached hydrogens (tertiary/aromatic N) is 1. The standard InChI is InChI=1S/C10H20ClN/c1-3-9-4-5-10(6-7-11)12(2)8-9/h9-10H,3-8H2,1-2H3. The van der Waals surface area contributed by atoms with Crippen LogP contribution in [0.15, 0.2) is 0 Å². The van der Waals surface area contributed by atoms with Crippen LogP contribution in [0.2, 0.25) is 0 Å². The van der Waals surface area contributed by atoms with Crippen molar-refractivity contribution in [3.05, 3.63) is 0 Å². The van der Waals surface area contributed by atoms with Gasteiger partial charge in [0.1, 0.15) is 0 Å². The molecule has 1 aliphatic heterocycles. The van der Waals surface area contributed by atoms with E-state index >= 15 is 0 Å². The number of rotatable bonds is 3. The highest BCUT2D eigenvalue weighted by Crippen LogP contribution is 2.24. The molecule has 2 unspecified atom stereocenters. The van der Waals surface area contributed by atoms with Gasteiger partial charge in [-0.2, -0.15) is 0 Å². The van der Waals surface area contributed by atoms with Gasteiger partial charge in [-0.05, 0) is 32.2 Å². The quantitative estimate of drug-likeness (QED) is 0.618. The Morgan fingerprint density at radius 3 is 2.67 bits per heavy atom. The molecule has 0 N–H and O–H groups in total. The summed E-state index contributed by atoms with van der Waals surface area (Å²) in [6.07, 6.45) is 5.25. The van der Waals surface area contributed by atoms with E-state index in [9.17, 15) is 0 Å². The Morgan fingerprint density at radius 1 is 1.42 bits per heavy atom. The van der Waals surface area contributed by atoms with Crippen LogP contribution in [0, 0.1) is 5.92 Å². The van der Waals surface area contributed by atoms with E-state index in [2.05, 4.69) is 18.9 Å². The van der Waals surface area contributed by atoms with Crippen molar-refractivity contribution in [1.82, 2.24) is 4.90 Å². The first-order valence-electron chi connectivity index (χ1n) is 5.04. The van der Waals surface area contributed by atoms with Gasteiger partial charge in [0.2, 0.25) is 0 Å². The molecule has 2 heteroatoms. The Kier molecular flexibility index (Phi) is 4.38. The lowest BCUT2D eigenvalue weighted by Crippen LogP contribution is -2.40. The summed E-state index contributed by atoms with van der Waals surface area (Å²) in [5.74, 6) is 1.74. The minimum Gasteiger partial charge on any atom is -0.303 e. The van der Waals surface area contributed by atoms with Crippen LogP contribution in [0.3, 0.4) is 0 Å². The number of likely N-dealkylation sites (tertiary alicyclic amines) is 1. The molecule has 1 saturated heterocycles. The molecule has 12 heavy (non-hydrogen) atoms. The average Bonchev–Trinajstić information content (AvgIpc) is 2.09. The molecule has 0 spiro atoms. The molecule has 0 aromatic carbocycles. The third-order valence-corrected chi connectivity index (χ3v) is 3.32. The van der Waals surface area contributed by atoms with Crippen LogP contribution in [0.4, 0.5) is 0 Å². The summed E-state index contributed by atoms with van der Waals surface area (Å²) in [7, 11) is 2.24. The van der Waals surface area contributed by atoms with E-state index in [1.807, 2.05) is 0 Å². The first-order valence-corrected chi connectivity index (χ1v) is 5.57. The summed E-state index contributed by atoms with van der Waals surface area (Å²) >= 11 is 5.74. The summed E-state index contributed by atoms with van der Waals surface area (Å²) in [5, 5.41) is 0. The maximum atomic E-state index is 5.74. The Bertz CT molecular complexity index is 127. The fourth-order valence-electron chi connectivity index (χ4n) is 2.12. The second-order valence-electron chi connectivity index (χ2n) is 3.92. The van der Waals surface area contributed by atoms with Gasteiger partial charge in [-0.1, -0.05) is 13.3 Å². The molecule has 1 nitrogen and oxygen atoms in total. The molecule has 2 atom stereocenters. The summed E-state index contributed by atoms with van der Waals surface area (Å²) in [5.41, 5.74) is 0. The van der Waals surface area contributed by atoms with Gasteiger partial charge in [0.25, 0.3) is 0 Å². The van der Waals surface area contributed by atoms with E-state index in [4.69, 9.17) is 11.6 Å². The molecule has 0 aromatic heterocycles. The number of piperidine rings is 1. The second-order valence-corrected chi connectivity index (χ2v) is 4.30. The van der Waals surface area contributed by atoms with E-state index in [1.165, 1.54) is 25.8 Å². The van der Waals surface area contributed by atoms with Gasteiger partial charge in [-0.25, -0.2) is 0 Å². The summed E-state index contributed by atoms with van der Waals surface area (Å²) in [6, 6.07) is 0.755. The molecule has 0 saturated carbocycles. The van der Waals surface area contributed by atoms with Crippen molar-refractivity contribution in [1.29, 1.82) is 0 Å². The molecule has 72 valence electrons. The molecule has 1 rings (SSSR count). The first-order chi connectivity index (χ1) is 5.77. The van der Waals surface area contributed by atoms with Gasteiger partial charge in [0.05, 0.1) is 0 Å². The molecular weight excluding hydrogens is 170 g/mol. The van der Waals surface area contributed by atoms with Crippen LogP contribution in [0.1, 0.15) is 32.6 Å². The van der Waals surface area contributed by atoms with Crippen LogP contribution >= 0.6 is 11.6 Å². The van der Waals surface area contributed by atoms with Crippen LogP contribution < -0.4 is 0 Å². The zero-order chi connectivity index (χ0) is 8.97. The smallest absolute Gasteiger partial charge is 0.0238 e. The third-order valence-electron chi connectivity index (χ3n) is 3.10. The van der Waals surface area contributed by atoms with Crippen molar-refractivity contribution in [2.75, 3.05) is 19.5 Å². The molecule has 0 aliphatic carbocycles. The lowest BCUT2D eigenvalue weighted by molar-refractivity contribution is 0.133. The van der Waals surface area contributed by atoms with Crippen molar-refractivity contribution < 1.29 is 0 Å². The fourth-order valence-corrected chi connectivity index (χ4v) is 2.37. The van der Waals surface area contributed by atoms with Crippen molar-refractivity contribution in [3.63, 3.8) is 0 Å². The number of hydrogen-bond donors (Lipinski definition) is 0. The highest BCUT2D eigenvalue weighted by Gasteiger charge is 2.23. The molecule has 0 bridgehead atoms. The van der Waals surface area contributed by atoms with Crippen LogP contribution in [-0.4, -0.2) is 30.4 Å². The molecule has 0 radical (unpaired) electrons. The van der Waals surface area contributed by atoms with E-state index in [-0.39, 0.29) is 0 Å². The zero-order valence-corrected chi connectivity index (χ0v) is 8.98. The van der Waals surface area contributed by atoms with Gasteiger partial charge in [-0.3, -0.25) is 0 Å². The predicted molar refractivity (Wildman–Crippen MR) is 54.8 cm³/mol. The lowest BCUT2D eigenvalue weighted by atomic mass is 9.90. The molecule has 0 aromatic rings. The Balaban J connectivity index is 2.31. The van der Waals surface area contributed by atoms with Crippen LogP contribution in [0.25, 0.3) is 0 Å². The van der Waals surface area contributed by atoms with Crippen molar-refractivity contribution in [2.45, 2.75) is 38.6 Å². The Hall–Kier alpha value is 0.250. The monoisotopic (exact) mass is 189 g/mol.